The third-order valence-electron chi connectivity index (χ3n) is 2.58. The van der Waals surface area contributed by atoms with Crippen molar-refractivity contribution in [3.63, 3.8) is 0 Å². The minimum absolute atomic E-state index is 0.00976. The minimum Gasteiger partial charge on any atom is -0.444 e. The third kappa shape index (κ3) is 4.72. The molecule has 1 rings (SSSR count). The van der Waals surface area contributed by atoms with Crippen LogP contribution in [0.2, 0.25) is 0 Å². The first kappa shape index (κ1) is 15.1. The number of hydrogen-bond acceptors (Lipinski definition) is 3. The summed E-state index contributed by atoms with van der Waals surface area (Å²) in [4.78, 5) is 11.8. The van der Waals surface area contributed by atoms with Crippen LogP contribution in [0.1, 0.15) is 33.6 Å². The molecule has 4 nitrogen and oxygen atoms in total. The highest BCUT2D eigenvalue weighted by Gasteiger charge is 2.44. The fraction of sp³-hybridized carbons (Fsp3) is 0.909. The van der Waals surface area contributed by atoms with Gasteiger partial charge in [-0.3, -0.25) is 0 Å². The number of nitrogens with zero attached hydrogens (tertiary/aromatic N) is 1. The lowest BCUT2D eigenvalue weighted by molar-refractivity contribution is -0.249. The molecule has 1 atom stereocenters. The summed E-state index contributed by atoms with van der Waals surface area (Å²) >= 11 is 0. The second kappa shape index (κ2) is 5.34. The van der Waals surface area contributed by atoms with Gasteiger partial charge in [-0.2, -0.15) is 13.2 Å². The second-order valence-electron chi connectivity index (χ2n) is 5.34. The van der Waals surface area contributed by atoms with Crippen LogP contribution in [0.4, 0.5) is 18.0 Å². The predicted octanol–water partition coefficient (Wildman–Crippen LogP) is 2.50. The molecular weight excluding hydrogens is 249 g/mol. The molecule has 7 heteroatoms. The Balaban J connectivity index is 2.41. The summed E-state index contributed by atoms with van der Waals surface area (Å²) in [5.74, 6) is 0. The van der Waals surface area contributed by atoms with Crippen molar-refractivity contribution in [2.75, 3.05) is 13.1 Å². The predicted molar refractivity (Wildman–Crippen MR) is 60.0 cm³/mol. The molecule has 1 fully saturated rings. The number of nitrogens with one attached hydrogen (secondary N) is 1. The van der Waals surface area contributed by atoms with Gasteiger partial charge in [0.05, 0.1) is 0 Å². The van der Waals surface area contributed by atoms with Gasteiger partial charge in [0.25, 0.3) is 0 Å². The van der Waals surface area contributed by atoms with Crippen molar-refractivity contribution in [2.24, 2.45) is 0 Å². The zero-order valence-corrected chi connectivity index (χ0v) is 10.8. The molecule has 1 saturated heterocycles. The lowest BCUT2D eigenvalue weighted by Crippen LogP contribution is -2.47. The summed E-state index contributed by atoms with van der Waals surface area (Å²) in [5, 5.41) is 2.38. The third-order valence-corrected chi connectivity index (χ3v) is 2.58. The van der Waals surface area contributed by atoms with E-state index >= 15 is 0 Å². The Kier molecular flexibility index (Phi) is 4.47. The lowest BCUT2D eigenvalue weighted by atomic mass is 10.2. The first-order valence-corrected chi connectivity index (χ1v) is 5.90. The Morgan fingerprint density at radius 2 is 2.00 bits per heavy atom. The molecule has 0 aliphatic carbocycles. The Bertz CT molecular complexity index is 300. The highest BCUT2D eigenvalue weighted by Crippen LogP contribution is 2.30. The van der Waals surface area contributed by atoms with E-state index in [1.807, 2.05) is 0 Å². The molecule has 1 amide bonds. The molecule has 0 unspecified atom stereocenters. The SMILES string of the molecule is CC(C)(C)OC(=O)NC[C@H]1CCCN1C(F)(F)F. The molecule has 1 N–H and O–H groups in total. The van der Waals surface area contributed by atoms with Crippen LogP contribution in [0.25, 0.3) is 0 Å². The van der Waals surface area contributed by atoms with E-state index in [0.29, 0.717) is 17.7 Å². The van der Waals surface area contributed by atoms with E-state index in [1.165, 1.54) is 0 Å². The van der Waals surface area contributed by atoms with Gasteiger partial charge in [-0.05, 0) is 33.6 Å². The number of halogens is 3. The Morgan fingerprint density at radius 1 is 1.39 bits per heavy atom. The summed E-state index contributed by atoms with van der Waals surface area (Å²) in [7, 11) is 0. The van der Waals surface area contributed by atoms with Crippen LogP contribution in [0.5, 0.6) is 0 Å². The van der Waals surface area contributed by atoms with Crippen molar-refractivity contribution in [2.45, 2.75) is 51.6 Å². The summed E-state index contributed by atoms with van der Waals surface area (Å²) < 4.78 is 42.7. The van der Waals surface area contributed by atoms with Crippen LogP contribution in [0, 0.1) is 0 Å². The minimum atomic E-state index is -4.34. The molecule has 0 radical (unpaired) electrons. The average molecular weight is 268 g/mol. The van der Waals surface area contributed by atoms with Crippen LogP contribution in [-0.2, 0) is 4.74 Å². The van der Waals surface area contributed by atoms with Gasteiger partial charge in [0.2, 0.25) is 0 Å². The zero-order chi connectivity index (χ0) is 14.0. The van der Waals surface area contributed by atoms with E-state index in [-0.39, 0.29) is 13.1 Å². The van der Waals surface area contributed by atoms with Crippen LogP contribution in [0.3, 0.4) is 0 Å². The second-order valence-corrected chi connectivity index (χ2v) is 5.34. The highest BCUT2D eigenvalue weighted by atomic mass is 19.4. The van der Waals surface area contributed by atoms with Crippen molar-refractivity contribution in [3.05, 3.63) is 0 Å². The van der Waals surface area contributed by atoms with Gasteiger partial charge in [-0.1, -0.05) is 0 Å². The molecule has 0 spiro atoms. The van der Waals surface area contributed by atoms with Crippen LogP contribution in [0.15, 0.2) is 0 Å². The fourth-order valence-corrected chi connectivity index (χ4v) is 1.90. The summed E-state index contributed by atoms with van der Waals surface area (Å²) in [5.41, 5.74) is -0.649. The Labute approximate surface area is 104 Å². The highest BCUT2D eigenvalue weighted by molar-refractivity contribution is 5.67. The Morgan fingerprint density at radius 3 is 2.50 bits per heavy atom. The van der Waals surface area contributed by atoms with E-state index in [0.717, 1.165) is 0 Å². The molecule has 1 aliphatic rings. The number of rotatable bonds is 2. The number of carbonyl (C=O) groups is 1. The van der Waals surface area contributed by atoms with E-state index in [9.17, 15) is 18.0 Å². The van der Waals surface area contributed by atoms with Crippen molar-refractivity contribution in [1.29, 1.82) is 0 Å². The molecule has 0 saturated carbocycles. The monoisotopic (exact) mass is 268 g/mol. The smallest absolute Gasteiger partial charge is 0.444 e. The van der Waals surface area contributed by atoms with Gasteiger partial charge >= 0.3 is 12.4 Å². The molecule has 0 bridgehead atoms. The molecule has 1 heterocycles. The molecule has 0 aromatic rings. The largest absolute Gasteiger partial charge is 0.460 e. The van der Waals surface area contributed by atoms with Gasteiger partial charge in [0.1, 0.15) is 5.60 Å². The summed E-state index contributed by atoms with van der Waals surface area (Å²) in [6.07, 6.45) is -4.11. The number of alkyl carbamates (subject to hydrolysis) is 1. The van der Waals surface area contributed by atoms with Gasteiger partial charge < -0.3 is 10.1 Å². The summed E-state index contributed by atoms with van der Waals surface area (Å²) in [6.45, 7) is 5.04. The maximum absolute atomic E-state index is 12.6. The quantitative estimate of drug-likeness (QED) is 0.782. The zero-order valence-electron chi connectivity index (χ0n) is 10.8. The van der Waals surface area contributed by atoms with Crippen LogP contribution >= 0.6 is 0 Å². The molecule has 0 aromatic heterocycles. The molecule has 1 aliphatic heterocycles. The fourth-order valence-electron chi connectivity index (χ4n) is 1.90. The number of alkyl halides is 3. The maximum atomic E-state index is 12.6. The number of likely N-dealkylation sites (tertiary alicyclic amines) is 1. The first-order chi connectivity index (χ1) is 8.09. The van der Waals surface area contributed by atoms with Gasteiger partial charge in [0.15, 0.2) is 0 Å². The number of amides is 1. The van der Waals surface area contributed by atoms with E-state index in [4.69, 9.17) is 4.74 Å². The normalized spacial score (nSPS) is 22.0. The van der Waals surface area contributed by atoms with Gasteiger partial charge in [0, 0.05) is 19.1 Å². The topological polar surface area (TPSA) is 41.6 Å². The van der Waals surface area contributed by atoms with Gasteiger partial charge in [-0.15, -0.1) is 0 Å². The van der Waals surface area contributed by atoms with Crippen LogP contribution in [-0.4, -0.2) is 42.0 Å². The molecule has 18 heavy (non-hydrogen) atoms. The Hall–Kier alpha value is -0.980. The van der Waals surface area contributed by atoms with Gasteiger partial charge in [-0.25, -0.2) is 9.69 Å². The van der Waals surface area contributed by atoms with E-state index in [2.05, 4.69) is 5.32 Å². The first-order valence-electron chi connectivity index (χ1n) is 5.90. The summed E-state index contributed by atoms with van der Waals surface area (Å²) in [6, 6.07) is -0.697. The molecule has 0 aromatic carbocycles. The van der Waals surface area contributed by atoms with Crippen molar-refractivity contribution in [3.8, 4) is 0 Å². The standard InChI is InChI=1S/C11H19F3N2O2/c1-10(2,3)18-9(17)15-7-8-5-4-6-16(8)11(12,13)14/h8H,4-7H2,1-3H3,(H,15,17)/t8-/m1/s1. The van der Waals surface area contributed by atoms with E-state index in [1.54, 1.807) is 20.8 Å². The van der Waals surface area contributed by atoms with Crippen molar-refractivity contribution < 1.29 is 22.7 Å². The van der Waals surface area contributed by atoms with E-state index < -0.39 is 24.0 Å². The van der Waals surface area contributed by atoms with Crippen LogP contribution < -0.4 is 5.32 Å². The number of hydrogen-bond donors (Lipinski definition) is 1. The average Bonchev–Trinajstić information content (AvgIpc) is 2.58. The number of ether oxygens (including phenoxy) is 1. The van der Waals surface area contributed by atoms with Crippen molar-refractivity contribution >= 4 is 6.09 Å². The van der Waals surface area contributed by atoms with Crippen molar-refractivity contribution in [1.82, 2.24) is 10.2 Å². The molecular formula is C11H19F3N2O2. The number of carbonyl (C=O) groups excluding carboxylic acids is 1. The maximum Gasteiger partial charge on any atom is 0.460 e. The lowest BCUT2D eigenvalue weighted by Gasteiger charge is -2.27. The molecule has 106 valence electrons.